The molecular formula is C15H13N3O3. The summed E-state index contributed by atoms with van der Waals surface area (Å²) in [6.45, 7) is 2.04. The zero-order valence-electron chi connectivity index (χ0n) is 11.4. The van der Waals surface area contributed by atoms with Gasteiger partial charge in [-0.25, -0.2) is 9.78 Å². The largest absolute Gasteiger partial charge is 0.462 e. The molecule has 0 amide bonds. The Morgan fingerprint density at radius 3 is 2.76 bits per heavy atom. The molecule has 0 fully saturated rings. The van der Waals surface area contributed by atoms with Gasteiger partial charge >= 0.3 is 5.97 Å². The Kier molecular flexibility index (Phi) is 4.36. The van der Waals surface area contributed by atoms with Crippen molar-refractivity contribution in [2.75, 3.05) is 12.3 Å². The number of anilines is 1. The van der Waals surface area contributed by atoms with Crippen molar-refractivity contribution in [1.82, 2.24) is 4.98 Å². The van der Waals surface area contributed by atoms with Crippen LogP contribution in [0.25, 0.3) is 0 Å². The number of carbonyl (C=O) groups is 1. The molecule has 0 unspecified atom stereocenters. The van der Waals surface area contributed by atoms with Crippen LogP contribution in [0.5, 0.6) is 11.6 Å². The number of benzene rings is 1. The molecule has 0 saturated heterocycles. The van der Waals surface area contributed by atoms with E-state index in [9.17, 15) is 4.79 Å². The number of ether oxygens (including phenoxy) is 2. The average molecular weight is 283 g/mol. The van der Waals surface area contributed by atoms with Gasteiger partial charge in [0.05, 0.1) is 29.5 Å². The molecule has 0 aliphatic heterocycles. The SMILES string of the molecule is CCOC(=O)c1ccc(Oc2ccc(C#N)cc2N)nc1. The van der Waals surface area contributed by atoms with Gasteiger partial charge in [-0.05, 0) is 31.2 Å². The van der Waals surface area contributed by atoms with E-state index in [1.54, 1.807) is 31.2 Å². The van der Waals surface area contributed by atoms with Crippen LogP contribution < -0.4 is 10.5 Å². The second-order valence-electron chi connectivity index (χ2n) is 4.07. The highest BCUT2D eigenvalue weighted by Crippen LogP contribution is 2.27. The van der Waals surface area contributed by atoms with Gasteiger partial charge in [-0.15, -0.1) is 0 Å². The number of nitrogen functional groups attached to an aromatic ring is 1. The average Bonchev–Trinajstić information content (AvgIpc) is 2.50. The minimum atomic E-state index is -0.436. The van der Waals surface area contributed by atoms with Crippen molar-refractivity contribution in [2.24, 2.45) is 0 Å². The van der Waals surface area contributed by atoms with Crippen molar-refractivity contribution in [3.05, 3.63) is 47.7 Å². The summed E-state index contributed by atoms with van der Waals surface area (Å²) in [4.78, 5) is 15.5. The molecule has 21 heavy (non-hydrogen) atoms. The smallest absolute Gasteiger partial charge is 0.339 e. The van der Waals surface area contributed by atoms with Gasteiger partial charge in [-0.1, -0.05) is 0 Å². The molecule has 0 bridgehead atoms. The summed E-state index contributed by atoms with van der Waals surface area (Å²) in [5.41, 5.74) is 6.92. The summed E-state index contributed by atoms with van der Waals surface area (Å²) in [5, 5.41) is 8.77. The van der Waals surface area contributed by atoms with Crippen molar-refractivity contribution in [3.8, 4) is 17.7 Å². The molecule has 0 spiro atoms. The van der Waals surface area contributed by atoms with Gasteiger partial charge in [0.15, 0.2) is 5.75 Å². The Labute approximate surface area is 121 Å². The Morgan fingerprint density at radius 2 is 2.19 bits per heavy atom. The van der Waals surface area contributed by atoms with Crippen LogP contribution in [0.2, 0.25) is 0 Å². The third-order valence-electron chi connectivity index (χ3n) is 2.60. The van der Waals surface area contributed by atoms with E-state index in [2.05, 4.69) is 4.98 Å². The van der Waals surface area contributed by atoms with Crippen molar-refractivity contribution < 1.29 is 14.3 Å². The number of esters is 1. The fourth-order valence-electron chi connectivity index (χ4n) is 1.60. The lowest BCUT2D eigenvalue weighted by atomic mass is 10.2. The lowest BCUT2D eigenvalue weighted by Gasteiger charge is -2.08. The fraction of sp³-hybridized carbons (Fsp3) is 0.133. The van der Waals surface area contributed by atoms with E-state index in [4.69, 9.17) is 20.5 Å². The van der Waals surface area contributed by atoms with E-state index in [-0.39, 0.29) is 0 Å². The molecule has 6 nitrogen and oxygen atoms in total. The second-order valence-corrected chi connectivity index (χ2v) is 4.07. The van der Waals surface area contributed by atoms with Crippen molar-refractivity contribution in [2.45, 2.75) is 6.92 Å². The van der Waals surface area contributed by atoms with E-state index in [0.717, 1.165) is 0 Å². The summed E-state index contributed by atoms with van der Waals surface area (Å²) in [5.74, 6) is 0.249. The van der Waals surface area contributed by atoms with Gasteiger partial charge in [0.1, 0.15) is 0 Å². The first kappa shape index (κ1) is 14.3. The summed E-state index contributed by atoms with van der Waals surface area (Å²) < 4.78 is 10.4. The molecule has 6 heteroatoms. The number of nitrogens with two attached hydrogens (primary N) is 1. The number of hydrogen-bond donors (Lipinski definition) is 1. The number of hydrogen-bond acceptors (Lipinski definition) is 6. The molecule has 106 valence electrons. The summed E-state index contributed by atoms with van der Waals surface area (Å²) in [6.07, 6.45) is 1.37. The Balaban J connectivity index is 2.14. The molecule has 2 aromatic rings. The zero-order chi connectivity index (χ0) is 15.2. The van der Waals surface area contributed by atoms with Crippen LogP contribution in [0.3, 0.4) is 0 Å². The Bertz CT molecular complexity index is 690. The van der Waals surface area contributed by atoms with Crippen LogP contribution >= 0.6 is 0 Å². The minimum Gasteiger partial charge on any atom is -0.462 e. The van der Waals surface area contributed by atoms with Crippen molar-refractivity contribution >= 4 is 11.7 Å². The maximum absolute atomic E-state index is 11.5. The van der Waals surface area contributed by atoms with Gasteiger partial charge in [-0.2, -0.15) is 5.26 Å². The molecule has 2 rings (SSSR count). The lowest BCUT2D eigenvalue weighted by molar-refractivity contribution is 0.0526. The second kappa shape index (κ2) is 6.39. The number of nitriles is 1. The van der Waals surface area contributed by atoms with Crippen LogP contribution in [0.15, 0.2) is 36.5 Å². The molecule has 0 aliphatic rings. The number of pyridine rings is 1. The quantitative estimate of drug-likeness (QED) is 0.683. The zero-order valence-corrected chi connectivity index (χ0v) is 11.4. The van der Waals surface area contributed by atoms with Crippen LogP contribution in [0.1, 0.15) is 22.8 Å². The molecule has 1 aromatic carbocycles. The predicted molar refractivity (Wildman–Crippen MR) is 75.8 cm³/mol. The summed E-state index contributed by atoms with van der Waals surface area (Å²) in [6, 6.07) is 9.79. The highest BCUT2D eigenvalue weighted by Gasteiger charge is 2.08. The van der Waals surface area contributed by atoms with Crippen LogP contribution in [-0.4, -0.2) is 17.6 Å². The first-order chi connectivity index (χ1) is 10.1. The summed E-state index contributed by atoms with van der Waals surface area (Å²) >= 11 is 0. The topological polar surface area (TPSA) is 98.2 Å². The first-order valence-electron chi connectivity index (χ1n) is 6.24. The van der Waals surface area contributed by atoms with E-state index in [1.807, 2.05) is 6.07 Å². The molecular weight excluding hydrogens is 270 g/mol. The number of rotatable bonds is 4. The highest BCUT2D eigenvalue weighted by atomic mass is 16.5. The maximum atomic E-state index is 11.5. The van der Waals surface area contributed by atoms with Gasteiger partial charge in [-0.3, -0.25) is 0 Å². The van der Waals surface area contributed by atoms with Gasteiger partial charge in [0.2, 0.25) is 5.88 Å². The van der Waals surface area contributed by atoms with Crippen molar-refractivity contribution in [3.63, 3.8) is 0 Å². The molecule has 0 aliphatic carbocycles. The number of nitrogens with zero attached hydrogens (tertiary/aromatic N) is 2. The number of carbonyl (C=O) groups excluding carboxylic acids is 1. The standard InChI is InChI=1S/C15H13N3O3/c1-2-20-15(19)11-4-6-14(18-9-11)21-13-5-3-10(8-16)7-12(13)17/h3-7,9H,2,17H2,1H3. The Morgan fingerprint density at radius 1 is 1.38 bits per heavy atom. The van der Waals surface area contributed by atoms with Gasteiger partial charge in [0.25, 0.3) is 0 Å². The molecule has 0 radical (unpaired) electrons. The molecule has 1 aromatic heterocycles. The van der Waals surface area contributed by atoms with E-state index >= 15 is 0 Å². The fourth-order valence-corrected chi connectivity index (χ4v) is 1.60. The Hall–Kier alpha value is -3.07. The lowest BCUT2D eigenvalue weighted by Crippen LogP contribution is -2.05. The third kappa shape index (κ3) is 3.48. The molecule has 0 atom stereocenters. The minimum absolute atomic E-state index is 0.291. The molecule has 1 heterocycles. The van der Waals surface area contributed by atoms with Crippen molar-refractivity contribution in [1.29, 1.82) is 5.26 Å². The first-order valence-corrected chi connectivity index (χ1v) is 6.24. The van der Waals surface area contributed by atoms with E-state index in [0.29, 0.717) is 35.1 Å². The van der Waals surface area contributed by atoms with Crippen LogP contribution in [0, 0.1) is 11.3 Å². The van der Waals surface area contributed by atoms with Gasteiger partial charge in [0, 0.05) is 12.3 Å². The third-order valence-corrected chi connectivity index (χ3v) is 2.60. The summed E-state index contributed by atoms with van der Waals surface area (Å²) in [7, 11) is 0. The maximum Gasteiger partial charge on any atom is 0.339 e. The monoisotopic (exact) mass is 283 g/mol. The van der Waals surface area contributed by atoms with Crippen LogP contribution in [0.4, 0.5) is 5.69 Å². The van der Waals surface area contributed by atoms with Crippen LogP contribution in [-0.2, 0) is 4.74 Å². The predicted octanol–water partition coefficient (Wildman–Crippen LogP) is 2.50. The van der Waals surface area contributed by atoms with E-state index < -0.39 is 5.97 Å². The van der Waals surface area contributed by atoms with E-state index in [1.165, 1.54) is 12.3 Å². The van der Waals surface area contributed by atoms with Gasteiger partial charge < -0.3 is 15.2 Å². The number of aromatic nitrogens is 1. The molecule has 0 saturated carbocycles. The normalized spacial score (nSPS) is 9.71. The highest BCUT2D eigenvalue weighted by molar-refractivity contribution is 5.89. The molecule has 2 N–H and O–H groups in total.